The molecule has 0 aliphatic rings. The van der Waals surface area contributed by atoms with Crippen LogP contribution in [0.3, 0.4) is 0 Å². The van der Waals surface area contributed by atoms with E-state index in [0.717, 1.165) is 36.2 Å². The lowest BCUT2D eigenvalue weighted by molar-refractivity contribution is -0.137. The van der Waals surface area contributed by atoms with Crippen LogP contribution in [0, 0.1) is 5.41 Å². The molecule has 0 spiro atoms. The number of thioether (sulfide) groups is 1. The van der Waals surface area contributed by atoms with Gasteiger partial charge in [-0.2, -0.15) is 0 Å². The van der Waals surface area contributed by atoms with Crippen LogP contribution in [-0.2, 0) is 9.53 Å². The minimum absolute atomic E-state index is 0. The third-order valence-electron chi connectivity index (χ3n) is 3.95. The van der Waals surface area contributed by atoms with Crippen LogP contribution in [0.4, 0.5) is 0 Å². The Kier molecular flexibility index (Phi) is 12.6. The number of nitrogens with two attached hydrogens (primary N) is 1. The van der Waals surface area contributed by atoms with Gasteiger partial charge in [0.05, 0.1) is 6.61 Å². The smallest absolute Gasteiger partial charge is 0.331 e. The van der Waals surface area contributed by atoms with Crippen molar-refractivity contribution in [1.82, 2.24) is 0 Å². The van der Waals surface area contributed by atoms with Gasteiger partial charge in [0, 0.05) is 16.9 Å². The van der Waals surface area contributed by atoms with Crippen molar-refractivity contribution in [3.8, 4) is 11.5 Å². The SMILES string of the molecule is CCOC(=O)/C=C(/CCCCSC(=N)N)c1ccc(Oc2ccc(Cl)cc2)cc1.I. The average Bonchev–Trinajstić information content (AvgIpc) is 2.69. The Bertz CT molecular complexity index is 842. The van der Waals surface area contributed by atoms with E-state index in [1.54, 1.807) is 37.3 Å². The maximum absolute atomic E-state index is 12.0. The number of unbranched alkanes of at least 4 members (excludes halogenated alkanes) is 1. The molecule has 2 aromatic rings. The summed E-state index contributed by atoms with van der Waals surface area (Å²) in [5, 5.41) is 8.03. The summed E-state index contributed by atoms with van der Waals surface area (Å²) in [6, 6.07) is 14.8. The molecule has 5 nitrogen and oxygen atoms in total. The summed E-state index contributed by atoms with van der Waals surface area (Å²) in [7, 11) is 0. The number of rotatable bonds is 10. The molecule has 0 unspecified atom stereocenters. The molecule has 0 amide bonds. The number of hydrogen-bond donors (Lipinski definition) is 2. The molecule has 0 atom stereocenters. The van der Waals surface area contributed by atoms with Crippen molar-refractivity contribution in [3.05, 3.63) is 65.2 Å². The molecule has 0 aromatic heterocycles. The second-order valence-electron chi connectivity index (χ2n) is 6.17. The predicted molar refractivity (Wildman–Crippen MR) is 136 cm³/mol. The van der Waals surface area contributed by atoms with E-state index >= 15 is 0 Å². The van der Waals surface area contributed by atoms with Crippen LogP contribution in [0.1, 0.15) is 31.7 Å². The Morgan fingerprint density at radius 2 is 1.70 bits per heavy atom. The van der Waals surface area contributed by atoms with Crippen molar-refractivity contribution < 1.29 is 14.3 Å². The van der Waals surface area contributed by atoms with Gasteiger partial charge in [0.15, 0.2) is 5.17 Å². The zero-order chi connectivity index (χ0) is 21.1. The molecule has 0 heterocycles. The van der Waals surface area contributed by atoms with Gasteiger partial charge in [-0.3, -0.25) is 5.41 Å². The summed E-state index contributed by atoms with van der Waals surface area (Å²) in [4.78, 5) is 12.0. The van der Waals surface area contributed by atoms with Crippen molar-refractivity contribution in [2.24, 2.45) is 5.73 Å². The van der Waals surface area contributed by atoms with Gasteiger partial charge in [0.2, 0.25) is 0 Å². The number of esters is 1. The highest BCUT2D eigenvalue weighted by atomic mass is 127. The molecule has 0 aliphatic heterocycles. The molecule has 0 fully saturated rings. The van der Waals surface area contributed by atoms with E-state index in [9.17, 15) is 4.79 Å². The topological polar surface area (TPSA) is 85.4 Å². The molecule has 8 heteroatoms. The fraction of sp³-hybridized carbons (Fsp3) is 0.273. The zero-order valence-electron chi connectivity index (χ0n) is 16.7. The lowest BCUT2D eigenvalue weighted by atomic mass is 10.00. The number of amidine groups is 1. The minimum atomic E-state index is -0.345. The van der Waals surface area contributed by atoms with Crippen molar-refractivity contribution in [3.63, 3.8) is 0 Å². The lowest BCUT2D eigenvalue weighted by Crippen LogP contribution is -2.04. The Morgan fingerprint density at radius 1 is 1.10 bits per heavy atom. The minimum Gasteiger partial charge on any atom is -0.463 e. The van der Waals surface area contributed by atoms with Crippen LogP contribution in [0.25, 0.3) is 5.57 Å². The number of hydrogen-bond acceptors (Lipinski definition) is 5. The third-order valence-corrected chi connectivity index (χ3v) is 5.01. The first kappa shape index (κ1) is 26.3. The first-order chi connectivity index (χ1) is 14.0. The standard InChI is InChI=1S/C22H25ClN2O3S.HI/c1-2-27-21(26)15-17(5-3-4-14-29-22(24)25)16-6-10-19(11-7-16)28-20-12-8-18(23)9-13-20;/h6-13,15H,2-5,14H2,1H3,(H3,24,25);1H/b17-15-;. The second kappa shape index (κ2) is 14.3. The number of halogens is 2. The molecule has 0 saturated heterocycles. The van der Waals surface area contributed by atoms with Crippen molar-refractivity contribution in [2.75, 3.05) is 12.4 Å². The number of nitrogens with one attached hydrogen (secondary N) is 1. The number of ether oxygens (including phenoxy) is 2. The highest BCUT2D eigenvalue weighted by Gasteiger charge is 2.07. The molecule has 0 aliphatic carbocycles. The Balaban J connectivity index is 0.00000450. The molecule has 3 N–H and O–H groups in total. The molecular formula is C22H26ClIN2O3S. The predicted octanol–water partition coefficient (Wildman–Crippen LogP) is 6.49. The van der Waals surface area contributed by atoms with Crippen LogP contribution in [0.15, 0.2) is 54.6 Å². The van der Waals surface area contributed by atoms with Crippen molar-refractivity contribution in [1.29, 1.82) is 5.41 Å². The number of benzene rings is 2. The van der Waals surface area contributed by atoms with Crippen LogP contribution in [0.2, 0.25) is 5.02 Å². The fourth-order valence-corrected chi connectivity index (χ4v) is 3.30. The van der Waals surface area contributed by atoms with Gasteiger partial charge in [-0.15, -0.1) is 24.0 Å². The van der Waals surface area contributed by atoms with Gasteiger partial charge < -0.3 is 15.2 Å². The van der Waals surface area contributed by atoms with Crippen LogP contribution < -0.4 is 10.5 Å². The average molecular weight is 561 g/mol. The summed E-state index contributed by atoms with van der Waals surface area (Å²) in [6.07, 6.45) is 4.07. The summed E-state index contributed by atoms with van der Waals surface area (Å²) in [6.45, 7) is 2.12. The van der Waals surface area contributed by atoms with Gasteiger partial charge in [0.1, 0.15) is 11.5 Å². The van der Waals surface area contributed by atoms with E-state index < -0.39 is 0 Å². The monoisotopic (exact) mass is 560 g/mol. The summed E-state index contributed by atoms with van der Waals surface area (Å²) in [5.74, 6) is 1.84. The molecule has 0 bridgehead atoms. The van der Waals surface area contributed by atoms with Gasteiger partial charge >= 0.3 is 5.97 Å². The van der Waals surface area contributed by atoms with Gasteiger partial charge in [-0.1, -0.05) is 35.5 Å². The molecule has 0 radical (unpaired) electrons. The Labute approximate surface area is 203 Å². The maximum Gasteiger partial charge on any atom is 0.331 e. The molecular weight excluding hydrogens is 535 g/mol. The number of carbonyl (C=O) groups excluding carboxylic acids is 1. The van der Waals surface area contributed by atoms with Crippen LogP contribution in [-0.4, -0.2) is 23.5 Å². The largest absolute Gasteiger partial charge is 0.463 e. The maximum atomic E-state index is 12.0. The van der Waals surface area contributed by atoms with Gasteiger partial charge in [-0.05, 0) is 73.7 Å². The van der Waals surface area contributed by atoms with Crippen LogP contribution in [0.5, 0.6) is 11.5 Å². The summed E-state index contributed by atoms with van der Waals surface area (Å²) < 4.78 is 10.9. The van der Waals surface area contributed by atoms with E-state index in [4.69, 9.17) is 32.2 Å². The highest BCUT2D eigenvalue weighted by Crippen LogP contribution is 2.27. The Morgan fingerprint density at radius 3 is 2.27 bits per heavy atom. The van der Waals surface area contributed by atoms with E-state index in [1.165, 1.54) is 11.8 Å². The highest BCUT2D eigenvalue weighted by molar-refractivity contribution is 14.0. The molecule has 2 rings (SSSR count). The van der Waals surface area contributed by atoms with E-state index in [-0.39, 0.29) is 35.1 Å². The van der Waals surface area contributed by atoms with E-state index in [0.29, 0.717) is 23.1 Å². The third kappa shape index (κ3) is 9.86. The zero-order valence-corrected chi connectivity index (χ0v) is 20.6. The number of carbonyl (C=O) groups is 1. The Hall–Kier alpha value is -1.71. The summed E-state index contributed by atoms with van der Waals surface area (Å²) >= 11 is 7.22. The van der Waals surface area contributed by atoms with Gasteiger partial charge in [0.25, 0.3) is 0 Å². The molecule has 162 valence electrons. The molecule has 30 heavy (non-hydrogen) atoms. The van der Waals surface area contributed by atoms with E-state index in [1.807, 2.05) is 24.3 Å². The molecule has 0 saturated carbocycles. The first-order valence-electron chi connectivity index (χ1n) is 9.36. The van der Waals surface area contributed by atoms with Crippen molar-refractivity contribution >= 4 is 64.0 Å². The number of allylic oxidation sites excluding steroid dienone is 1. The lowest BCUT2D eigenvalue weighted by Gasteiger charge is -2.10. The summed E-state index contributed by atoms with van der Waals surface area (Å²) in [5.41, 5.74) is 7.21. The van der Waals surface area contributed by atoms with Crippen molar-refractivity contribution in [2.45, 2.75) is 26.2 Å². The second-order valence-corrected chi connectivity index (χ2v) is 7.74. The quantitative estimate of drug-likeness (QED) is 0.0866. The fourth-order valence-electron chi connectivity index (χ4n) is 2.60. The first-order valence-corrected chi connectivity index (χ1v) is 10.7. The normalized spacial score (nSPS) is 10.8. The van der Waals surface area contributed by atoms with Crippen LogP contribution >= 0.6 is 47.3 Å². The molecule has 2 aromatic carbocycles. The van der Waals surface area contributed by atoms with Gasteiger partial charge in [-0.25, -0.2) is 4.79 Å². The van der Waals surface area contributed by atoms with E-state index in [2.05, 4.69) is 0 Å².